The number of amides is 2. The smallest absolute Gasteiger partial charge is 0.254 e. The van der Waals surface area contributed by atoms with Crippen molar-refractivity contribution in [1.29, 1.82) is 0 Å². The van der Waals surface area contributed by atoms with Gasteiger partial charge in [0, 0.05) is 48.2 Å². The Bertz CT molecular complexity index is 745. The molecule has 1 saturated heterocycles. The molecule has 2 amide bonds. The van der Waals surface area contributed by atoms with Gasteiger partial charge in [-0.2, -0.15) is 0 Å². The number of benzene rings is 1. The van der Waals surface area contributed by atoms with Crippen LogP contribution in [0.4, 0.5) is 5.69 Å². The van der Waals surface area contributed by atoms with Gasteiger partial charge in [0.25, 0.3) is 5.91 Å². The van der Waals surface area contributed by atoms with Crippen molar-refractivity contribution in [2.45, 2.75) is 32.2 Å². The Labute approximate surface area is 158 Å². The van der Waals surface area contributed by atoms with Crippen molar-refractivity contribution < 1.29 is 9.59 Å². The van der Waals surface area contributed by atoms with Gasteiger partial charge in [0.05, 0.1) is 0 Å². The number of nitrogens with zero attached hydrogens (tertiary/aromatic N) is 1. The average molecular weight is 372 g/mol. The predicted octanol–water partition coefficient (Wildman–Crippen LogP) is 3.14. The number of rotatable bonds is 6. The largest absolute Gasteiger partial charge is 0.333 e. The van der Waals surface area contributed by atoms with E-state index in [-0.39, 0.29) is 17.9 Å². The summed E-state index contributed by atoms with van der Waals surface area (Å²) < 4.78 is 0. The molecule has 0 saturated carbocycles. The number of nitrogens with one attached hydrogen (secondary N) is 2. The summed E-state index contributed by atoms with van der Waals surface area (Å²) in [5, 5.41) is 8.25. The summed E-state index contributed by atoms with van der Waals surface area (Å²) in [5.74, 6) is 0.00879. The van der Waals surface area contributed by atoms with Gasteiger partial charge in [0.2, 0.25) is 5.91 Å². The molecular formula is C20H25N3O2S. The number of carbonyl (C=O) groups excluding carboxylic acids is 2. The molecule has 0 radical (unpaired) electrons. The van der Waals surface area contributed by atoms with Gasteiger partial charge in [0.15, 0.2) is 0 Å². The van der Waals surface area contributed by atoms with Crippen LogP contribution in [0.15, 0.2) is 41.8 Å². The lowest BCUT2D eigenvalue weighted by Crippen LogP contribution is -2.52. The van der Waals surface area contributed by atoms with Crippen LogP contribution in [0.1, 0.15) is 35.0 Å². The number of hydrogen-bond acceptors (Lipinski definition) is 4. The molecule has 1 aromatic heterocycles. The standard InChI is InChI=1S/C20H25N3O2S/c1-15-14-21-10-11-23(15)20(25)16-5-2-6-17(13-16)22-19(24)9-3-7-18-8-4-12-26-18/h2,4-6,8,12-13,15,21H,3,7,9-11,14H2,1H3,(H,22,24). The molecule has 1 unspecified atom stereocenters. The molecule has 1 atom stereocenters. The molecule has 1 aliphatic heterocycles. The van der Waals surface area contributed by atoms with E-state index in [1.165, 1.54) is 4.88 Å². The van der Waals surface area contributed by atoms with Gasteiger partial charge in [-0.25, -0.2) is 0 Å². The third kappa shape index (κ3) is 4.93. The van der Waals surface area contributed by atoms with E-state index in [0.717, 1.165) is 25.9 Å². The molecular weight excluding hydrogens is 346 g/mol. The minimum Gasteiger partial charge on any atom is -0.333 e. The molecule has 5 nitrogen and oxygen atoms in total. The minimum atomic E-state index is -0.0123. The molecule has 3 rings (SSSR count). The normalized spacial score (nSPS) is 17.1. The number of anilines is 1. The summed E-state index contributed by atoms with van der Waals surface area (Å²) in [4.78, 5) is 28.1. The van der Waals surface area contributed by atoms with E-state index in [2.05, 4.69) is 22.1 Å². The van der Waals surface area contributed by atoms with Crippen LogP contribution in [-0.2, 0) is 11.2 Å². The Hall–Kier alpha value is -2.18. The van der Waals surface area contributed by atoms with Gasteiger partial charge < -0.3 is 15.5 Å². The predicted molar refractivity (Wildman–Crippen MR) is 106 cm³/mol. The van der Waals surface area contributed by atoms with Gasteiger partial charge in [0.1, 0.15) is 0 Å². The van der Waals surface area contributed by atoms with Crippen LogP contribution < -0.4 is 10.6 Å². The highest BCUT2D eigenvalue weighted by Gasteiger charge is 2.24. The second-order valence-corrected chi connectivity index (χ2v) is 7.65. The molecule has 0 aliphatic carbocycles. The zero-order chi connectivity index (χ0) is 18.4. The lowest BCUT2D eigenvalue weighted by atomic mass is 10.1. The number of aryl methyl sites for hydroxylation is 1. The zero-order valence-electron chi connectivity index (χ0n) is 15.0. The topological polar surface area (TPSA) is 61.4 Å². The number of hydrogen-bond donors (Lipinski definition) is 2. The molecule has 2 aromatic rings. The first-order chi connectivity index (χ1) is 12.6. The Balaban J connectivity index is 1.54. The summed E-state index contributed by atoms with van der Waals surface area (Å²) in [5.41, 5.74) is 1.30. The molecule has 1 aromatic carbocycles. The van der Waals surface area contributed by atoms with Crippen molar-refractivity contribution in [1.82, 2.24) is 10.2 Å². The van der Waals surface area contributed by atoms with E-state index in [0.29, 0.717) is 24.2 Å². The second-order valence-electron chi connectivity index (χ2n) is 6.61. The summed E-state index contributed by atoms with van der Waals surface area (Å²) in [6.45, 7) is 4.38. The maximum absolute atomic E-state index is 12.7. The Kier molecular flexibility index (Phi) is 6.41. The Morgan fingerprint density at radius 1 is 1.31 bits per heavy atom. The molecule has 2 heterocycles. The van der Waals surface area contributed by atoms with E-state index in [1.54, 1.807) is 17.4 Å². The van der Waals surface area contributed by atoms with Crippen LogP contribution >= 0.6 is 11.3 Å². The fourth-order valence-corrected chi connectivity index (χ4v) is 3.89. The number of thiophene rings is 1. The highest BCUT2D eigenvalue weighted by molar-refractivity contribution is 7.09. The minimum absolute atomic E-state index is 0.0123. The van der Waals surface area contributed by atoms with Crippen LogP contribution in [0.2, 0.25) is 0 Å². The van der Waals surface area contributed by atoms with E-state index in [9.17, 15) is 9.59 Å². The third-order valence-corrected chi connectivity index (χ3v) is 5.50. The van der Waals surface area contributed by atoms with E-state index in [4.69, 9.17) is 0 Å². The van der Waals surface area contributed by atoms with E-state index in [1.807, 2.05) is 36.1 Å². The maximum Gasteiger partial charge on any atom is 0.254 e. The van der Waals surface area contributed by atoms with Crippen molar-refractivity contribution in [3.8, 4) is 0 Å². The molecule has 0 spiro atoms. The molecule has 1 aliphatic rings. The molecule has 6 heteroatoms. The van der Waals surface area contributed by atoms with E-state index >= 15 is 0 Å². The summed E-state index contributed by atoms with van der Waals surface area (Å²) in [6, 6.07) is 11.5. The summed E-state index contributed by atoms with van der Waals surface area (Å²) >= 11 is 1.72. The Morgan fingerprint density at radius 3 is 2.96 bits per heavy atom. The van der Waals surface area contributed by atoms with Crippen LogP contribution in [0.25, 0.3) is 0 Å². The van der Waals surface area contributed by atoms with Gasteiger partial charge in [-0.15, -0.1) is 11.3 Å². The van der Waals surface area contributed by atoms with Crippen LogP contribution in [0, 0.1) is 0 Å². The van der Waals surface area contributed by atoms with Gasteiger partial charge in [-0.3, -0.25) is 9.59 Å². The van der Waals surface area contributed by atoms with Crippen molar-refractivity contribution in [3.05, 3.63) is 52.2 Å². The highest BCUT2D eigenvalue weighted by Crippen LogP contribution is 2.16. The lowest BCUT2D eigenvalue weighted by Gasteiger charge is -2.34. The fourth-order valence-electron chi connectivity index (χ4n) is 3.14. The van der Waals surface area contributed by atoms with Crippen molar-refractivity contribution in [2.24, 2.45) is 0 Å². The summed E-state index contributed by atoms with van der Waals surface area (Å²) in [7, 11) is 0. The van der Waals surface area contributed by atoms with Crippen LogP contribution in [0.5, 0.6) is 0 Å². The SMILES string of the molecule is CC1CNCCN1C(=O)c1cccc(NC(=O)CCCc2cccs2)c1. The molecule has 0 bridgehead atoms. The first-order valence-corrected chi connectivity index (χ1v) is 9.95. The van der Waals surface area contributed by atoms with Crippen LogP contribution in [-0.4, -0.2) is 42.4 Å². The number of piperazine rings is 1. The molecule has 138 valence electrons. The van der Waals surface area contributed by atoms with Crippen LogP contribution in [0.3, 0.4) is 0 Å². The first-order valence-electron chi connectivity index (χ1n) is 9.07. The van der Waals surface area contributed by atoms with Gasteiger partial charge in [-0.1, -0.05) is 12.1 Å². The second kappa shape index (κ2) is 8.96. The monoisotopic (exact) mass is 371 g/mol. The third-order valence-electron chi connectivity index (χ3n) is 4.56. The van der Waals surface area contributed by atoms with Crippen molar-refractivity contribution in [2.75, 3.05) is 25.0 Å². The molecule has 26 heavy (non-hydrogen) atoms. The quantitative estimate of drug-likeness (QED) is 0.820. The fraction of sp³-hybridized carbons (Fsp3) is 0.400. The number of carbonyl (C=O) groups is 2. The lowest BCUT2D eigenvalue weighted by molar-refractivity contribution is -0.116. The van der Waals surface area contributed by atoms with Gasteiger partial charge in [-0.05, 0) is 49.4 Å². The Morgan fingerprint density at radius 2 is 2.19 bits per heavy atom. The zero-order valence-corrected chi connectivity index (χ0v) is 15.8. The summed E-state index contributed by atoms with van der Waals surface area (Å²) in [6.07, 6.45) is 2.22. The highest BCUT2D eigenvalue weighted by atomic mass is 32.1. The maximum atomic E-state index is 12.7. The van der Waals surface area contributed by atoms with E-state index < -0.39 is 0 Å². The molecule has 1 fully saturated rings. The van der Waals surface area contributed by atoms with Crippen molar-refractivity contribution in [3.63, 3.8) is 0 Å². The molecule has 2 N–H and O–H groups in total. The first kappa shape index (κ1) is 18.6. The van der Waals surface area contributed by atoms with Crippen molar-refractivity contribution >= 4 is 28.8 Å². The van der Waals surface area contributed by atoms with Gasteiger partial charge >= 0.3 is 0 Å². The average Bonchev–Trinajstić information content (AvgIpc) is 3.15.